The number of carbonyl (C=O) groups is 1. The fourth-order valence-corrected chi connectivity index (χ4v) is 4.92. The van der Waals surface area contributed by atoms with Gasteiger partial charge in [-0.1, -0.05) is 47.5 Å². The van der Waals surface area contributed by atoms with Gasteiger partial charge < -0.3 is 4.42 Å². The number of anilines is 1. The number of halogens is 1. The van der Waals surface area contributed by atoms with Crippen LogP contribution < -0.4 is 10.9 Å². The molecule has 5 aromatic rings. The number of nitrogens with one attached hydrogen (secondary N) is 1. The molecule has 5 nitrogen and oxygen atoms in total. The topological polar surface area (TPSA) is 67.5 Å². The minimum Gasteiger partial charge on any atom is -0.438 e. The number of aromatic nitrogens is 1. The van der Waals surface area contributed by atoms with E-state index in [2.05, 4.69) is 42.3 Å². The van der Waals surface area contributed by atoms with E-state index in [1.165, 1.54) is 16.9 Å². The van der Waals surface area contributed by atoms with E-state index in [1.807, 2.05) is 37.4 Å². The van der Waals surface area contributed by atoms with Gasteiger partial charge >= 0.3 is 0 Å². The lowest BCUT2D eigenvalue weighted by Gasteiger charge is -2.07. The lowest BCUT2D eigenvalue weighted by Crippen LogP contribution is -2.21. The Morgan fingerprint density at radius 3 is 2.64 bits per heavy atom. The molecular weight excluding hydrogens is 490 g/mol. The maximum absolute atomic E-state index is 13.5. The quantitative estimate of drug-likeness (QED) is 0.265. The van der Waals surface area contributed by atoms with Crippen LogP contribution in [0.2, 0.25) is 5.02 Å². The van der Waals surface area contributed by atoms with Gasteiger partial charge in [-0.15, -0.1) is 11.3 Å². The van der Waals surface area contributed by atoms with Crippen LogP contribution in [0, 0.1) is 27.7 Å². The summed E-state index contributed by atoms with van der Waals surface area (Å²) in [5.74, 6) is -0.355. The standard InChI is InChI=1S/C29H24ClN3O2S/c1-16-8-10-22(18(3)12-16)25-15-36-29(32-25)33-27(34)23-14-20-13-21(30)9-11-26(20)35-28(23)31-24-7-5-6-17(2)19(24)4/h5-15H,1-4H3,(H,32,33,34). The highest BCUT2D eigenvalue weighted by Gasteiger charge is 2.16. The molecule has 2 heterocycles. The highest BCUT2D eigenvalue weighted by Crippen LogP contribution is 2.29. The first-order valence-electron chi connectivity index (χ1n) is 11.5. The van der Waals surface area contributed by atoms with Gasteiger partial charge in [0.1, 0.15) is 11.1 Å². The van der Waals surface area contributed by atoms with E-state index in [0.29, 0.717) is 26.7 Å². The number of fused-ring (bicyclic) bond motifs is 1. The first-order chi connectivity index (χ1) is 17.3. The van der Waals surface area contributed by atoms with Crippen LogP contribution in [-0.4, -0.2) is 10.9 Å². The van der Waals surface area contributed by atoms with Crippen LogP contribution in [0.1, 0.15) is 32.6 Å². The Labute approximate surface area is 218 Å². The zero-order chi connectivity index (χ0) is 25.4. The molecule has 0 bridgehead atoms. The van der Waals surface area contributed by atoms with E-state index in [9.17, 15) is 4.79 Å². The fourth-order valence-electron chi connectivity index (χ4n) is 4.03. The summed E-state index contributed by atoms with van der Waals surface area (Å²) in [4.78, 5) is 22.9. The number of carbonyl (C=O) groups excluding carboxylic acids is 1. The molecule has 36 heavy (non-hydrogen) atoms. The van der Waals surface area contributed by atoms with Crippen molar-refractivity contribution in [2.45, 2.75) is 27.7 Å². The lowest BCUT2D eigenvalue weighted by atomic mass is 10.0. The maximum atomic E-state index is 13.5. The van der Waals surface area contributed by atoms with Gasteiger partial charge in [0.2, 0.25) is 5.55 Å². The van der Waals surface area contributed by atoms with Crippen LogP contribution in [0.15, 0.2) is 75.5 Å². The van der Waals surface area contributed by atoms with Gasteiger partial charge in [0, 0.05) is 21.4 Å². The van der Waals surface area contributed by atoms with Crippen molar-refractivity contribution < 1.29 is 9.21 Å². The number of thiazole rings is 1. The molecule has 5 rings (SSSR count). The van der Waals surface area contributed by atoms with Gasteiger partial charge in [0.15, 0.2) is 5.13 Å². The van der Waals surface area contributed by atoms with Crippen molar-refractivity contribution in [2.75, 3.05) is 5.32 Å². The Morgan fingerprint density at radius 1 is 1.00 bits per heavy atom. The number of hydrogen-bond acceptors (Lipinski definition) is 5. The minimum atomic E-state index is -0.355. The molecule has 0 fully saturated rings. The van der Waals surface area contributed by atoms with Crippen LogP contribution in [0.5, 0.6) is 0 Å². The number of rotatable bonds is 4. The van der Waals surface area contributed by atoms with Crippen LogP contribution in [0.3, 0.4) is 0 Å². The molecular formula is C29H24ClN3O2S. The first kappa shape index (κ1) is 24.0. The molecule has 0 radical (unpaired) electrons. The second-order valence-electron chi connectivity index (χ2n) is 8.79. The smallest absolute Gasteiger partial charge is 0.262 e. The number of nitrogens with zero attached hydrogens (tertiary/aromatic N) is 2. The van der Waals surface area contributed by atoms with E-state index in [0.717, 1.165) is 33.6 Å². The van der Waals surface area contributed by atoms with Crippen molar-refractivity contribution >= 4 is 50.6 Å². The summed E-state index contributed by atoms with van der Waals surface area (Å²) in [5.41, 5.74) is 8.18. The third-order valence-electron chi connectivity index (χ3n) is 6.13. The zero-order valence-electron chi connectivity index (χ0n) is 20.3. The van der Waals surface area contributed by atoms with Gasteiger partial charge in [-0.25, -0.2) is 9.98 Å². The van der Waals surface area contributed by atoms with E-state index >= 15 is 0 Å². The Hall–Kier alpha value is -3.74. The average molecular weight is 514 g/mol. The summed E-state index contributed by atoms with van der Waals surface area (Å²) in [5, 5.41) is 6.64. The third kappa shape index (κ3) is 4.83. The molecule has 1 N–H and O–H groups in total. The van der Waals surface area contributed by atoms with Gasteiger partial charge in [-0.05, 0) is 74.7 Å². The average Bonchev–Trinajstić information content (AvgIpc) is 3.29. The number of aryl methyl sites for hydroxylation is 3. The van der Waals surface area contributed by atoms with Crippen molar-refractivity contribution in [3.8, 4) is 11.3 Å². The van der Waals surface area contributed by atoms with E-state index in [4.69, 9.17) is 21.0 Å². The van der Waals surface area contributed by atoms with Crippen molar-refractivity contribution in [2.24, 2.45) is 4.99 Å². The molecule has 1 amide bonds. The second kappa shape index (κ2) is 9.72. The monoisotopic (exact) mass is 513 g/mol. The van der Waals surface area contributed by atoms with Gasteiger partial charge in [-0.3, -0.25) is 10.1 Å². The summed E-state index contributed by atoms with van der Waals surface area (Å²) in [6.07, 6.45) is 0. The molecule has 0 aliphatic rings. The molecule has 0 unspecified atom stereocenters. The van der Waals surface area contributed by atoms with Gasteiger partial charge in [0.25, 0.3) is 5.91 Å². The third-order valence-corrected chi connectivity index (χ3v) is 7.13. The molecule has 0 saturated heterocycles. The maximum Gasteiger partial charge on any atom is 0.262 e. The van der Waals surface area contributed by atoms with Crippen molar-refractivity contribution in [3.63, 3.8) is 0 Å². The van der Waals surface area contributed by atoms with Crippen LogP contribution in [0.4, 0.5) is 10.8 Å². The van der Waals surface area contributed by atoms with E-state index in [-0.39, 0.29) is 11.5 Å². The Bertz CT molecular complexity index is 1700. The number of benzene rings is 3. The second-order valence-corrected chi connectivity index (χ2v) is 10.1. The largest absolute Gasteiger partial charge is 0.438 e. The van der Waals surface area contributed by atoms with Crippen LogP contribution in [0.25, 0.3) is 22.2 Å². The molecule has 0 atom stereocenters. The Balaban J connectivity index is 1.56. The first-order valence-corrected chi connectivity index (χ1v) is 12.7. The highest BCUT2D eigenvalue weighted by atomic mass is 35.5. The summed E-state index contributed by atoms with van der Waals surface area (Å²) in [6.45, 7) is 8.14. The van der Waals surface area contributed by atoms with E-state index < -0.39 is 0 Å². The van der Waals surface area contributed by atoms with Crippen molar-refractivity contribution in [3.05, 3.63) is 104 Å². The summed E-state index contributed by atoms with van der Waals surface area (Å²) >= 11 is 7.57. The fraction of sp³-hybridized carbons (Fsp3) is 0.138. The molecule has 7 heteroatoms. The van der Waals surface area contributed by atoms with Crippen LogP contribution in [-0.2, 0) is 0 Å². The Kier molecular flexibility index (Phi) is 6.48. The highest BCUT2D eigenvalue weighted by molar-refractivity contribution is 7.14. The predicted molar refractivity (Wildman–Crippen MR) is 147 cm³/mol. The SMILES string of the molecule is Cc1ccc(-c2csc(NC(=O)c3cc4cc(Cl)ccc4oc3=Nc3cccc(C)c3C)n2)c(C)c1. The summed E-state index contributed by atoms with van der Waals surface area (Å²) in [6, 6.07) is 19.1. The normalized spacial score (nSPS) is 11.8. The lowest BCUT2D eigenvalue weighted by molar-refractivity contribution is 0.102. The number of hydrogen-bond donors (Lipinski definition) is 1. The van der Waals surface area contributed by atoms with Gasteiger partial charge in [0.05, 0.1) is 11.4 Å². The molecule has 180 valence electrons. The summed E-state index contributed by atoms with van der Waals surface area (Å²) < 4.78 is 6.10. The minimum absolute atomic E-state index is 0.224. The predicted octanol–water partition coefficient (Wildman–Crippen LogP) is 7.93. The summed E-state index contributed by atoms with van der Waals surface area (Å²) in [7, 11) is 0. The molecule has 3 aromatic carbocycles. The van der Waals surface area contributed by atoms with Crippen molar-refractivity contribution in [1.29, 1.82) is 0 Å². The molecule has 0 aliphatic carbocycles. The molecule has 0 aliphatic heterocycles. The Morgan fingerprint density at radius 2 is 1.83 bits per heavy atom. The van der Waals surface area contributed by atoms with Crippen molar-refractivity contribution in [1.82, 2.24) is 4.98 Å². The van der Waals surface area contributed by atoms with Gasteiger partial charge in [-0.2, -0.15) is 0 Å². The zero-order valence-corrected chi connectivity index (χ0v) is 21.9. The molecule has 2 aromatic heterocycles. The van der Waals surface area contributed by atoms with Crippen LogP contribution >= 0.6 is 22.9 Å². The van der Waals surface area contributed by atoms with E-state index in [1.54, 1.807) is 24.3 Å². The molecule has 0 saturated carbocycles. The number of amides is 1. The molecule has 0 spiro atoms.